The molecule has 0 bridgehead atoms. The van der Waals surface area contributed by atoms with E-state index in [4.69, 9.17) is 4.74 Å². The summed E-state index contributed by atoms with van der Waals surface area (Å²) in [6, 6.07) is 3.98. The molecular formula is C19H28IN5OS. The summed E-state index contributed by atoms with van der Waals surface area (Å²) in [7, 11) is 1.78. The average Bonchev–Trinajstić information content (AvgIpc) is 3.42. The molecule has 27 heavy (non-hydrogen) atoms. The third-order valence-electron chi connectivity index (χ3n) is 4.35. The van der Waals surface area contributed by atoms with Crippen molar-refractivity contribution in [1.29, 1.82) is 0 Å². The van der Waals surface area contributed by atoms with Gasteiger partial charge in [0.05, 0.1) is 17.3 Å². The standard InChI is InChI=1S/C19H27N5OS.HI/c1-13-14(2)26-18(24-13)7-9-22-19(20-3)23-11-16-6-8-21-17(10-16)25-12-15-4-5-15;/h6,8,10,15H,4-5,7,9,11-12H2,1-3H3,(H2,20,22,23);1H. The minimum absolute atomic E-state index is 0. The van der Waals surface area contributed by atoms with Crippen LogP contribution in [0.5, 0.6) is 5.88 Å². The highest BCUT2D eigenvalue weighted by Gasteiger charge is 2.22. The third kappa shape index (κ3) is 7.25. The quantitative estimate of drug-likeness (QED) is 0.330. The largest absolute Gasteiger partial charge is 0.477 e. The highest BCUT2D eigenvalue weighted by Crippen LogP contribution is 2.29. The number of aryl methyl sites for hydroxylation is 2. The van der Waals surface area contributed by atoms with Crippen LogP contribution in [0.15, 0.2) is 23.3 Å². The van der Waals surface area contributed by atoms with Crippen molar-refractivity contribution in [3.05, 3.63) is 39.5 Å². The SMILES string of the molecule is CN=C(NCCc1nc(C)c(C)s1)NCc1ccnc(OCC2CC2)c1.I. The zero-order valence-electron chi connectivity index (χ0n) is 16.1. The smallest absolute Gasteiger partial charge is 0.213 e. The summed E-state index contributed by atoms with van der Waals surface area (Å²) < 4.78 is 5.74. The zero-order chi connectivity index (χ0) is 18.4. The van der Waals surface area contributed by atoms with Crippen molar-refractivity contribution < 1.29 is 4.74 Å². The van der Waals surface area contributed by atoms with E-state index in [2.05, 4.69) is 39.4 Å². The van der Waals surface area contributed by atoms with E-state index in [9.17, 15) is 0 Å². The number of halogens is 1. The van der Waals surface area contributed by atoms with Crippen molar-refractivity contribution in [2.75, 3.05) is 20.2 Å². The molecule has 0 aliphatic heterocycles. The summed E-state index contributed by atoms with van der Waals surface area (Å²) in [5.74, 6) is 2.22. The summed E-state index contributed by atoms with van der Waals surface area (Å²) >= 11 is 1.76. The van der Waals surface area contributed by atoms with Crippen LogP contribution in [-0.4, -0.2) is 36.1 Å². The highest BCUT2D eigenvalue weighted by atomic mass is 127. The second kappa shape index (κ2) is 10.8. The van der Waals surface area contributed by atoms with Gasteiger partial charge in [-0.25, -0.2) is 9.97 Å². The number of rotatable bonds is 8. The van der Waals surface area contributed by atoms with E-state index in [0.29, 0.717) is 12.4 Å². The van der Waals surface area contributed by atoms with Gasteiger partial charge in [-0.15, -0.1) is 35.3 Å². The van der Waals surface area contributed by atoms with Gasteiger partial charge in [-0.3, -0.25) is 4.99 Å². The lowest BCUT2D eigenvalue weighted by Gasteiger charge is -2.12. The normalized spacial score (nSPS) is 13.8. The maximum absolute atomic E-state index is 5.74. The van der Waals surface area contributed by atoms with Gasteiger partial charge in [0.15, 0.2) is 5.96 Å². The van der Waals surface area contributed by atoms with E-state index < -0.39 is 0 Å². The van der Waals surface area contributed by atoms with Gasteiger partial charge >= 0.3 is 0 Å². The molecule has 2 heterocycles. The van der Waals surface area contributed by atoms with Crippen LogP contribution in [0.25, 0.3) is 0 Å². The van der Waals surface area contributed by atoms with Crippen molar-refractivity contribution in [3.63, 3.8) is 0 Å². The number of nitrogens with one attached hydrogen (secondary N) is 2. The number of hydrogen-bond acceptors (Lipinski definition) is 5. The van der Waals surface area contributed by atoms with Crippen LogP contribution in [0.4, 0.5) is 0 Å². The van der Waals surface area contributed by atoms with E-state index >= 15 is 0 Å². The Labute approximate surface area is 182 Å². The monoisotopic (exact) mass is 501 g/mol. The summed E-state index contributed by atoms with van der Waals surface area (Å²) in [5, 5.41) is 7.83. The Balaban J connectivity index is 0.00000261. The lowest BCUT2D eigenvalue weighted by Crippen LogP contribution is -2.37. The number of nitrogens with zero attached hydrogens (tertiary/aromatic N) is 3. The van der Waals surface area contributed by atoms with E-state index in [1.165, 1.54) is 17.7 Å². The molecule has 1 saturated carbocycles. The lowest BCUT2D eigenvalue weighted by atomic mass is 10.2. The predicted octanol–water partition coefficient (Wildman–Crippen LogP) is 3.47. The molecule has 0 spiro atoms. The molecule has 2 N–H and O–H groups in total. The van der Waals surface area contributed by atoms with Crippen LogP contribution in [0.2, 0.25) is 0 Å². The molecule has 0 atom stereocenters. The number of aliphatic imine (C=N–C) groups is 1. The number of pyridine rings is 1. The fraction of sp³-hybridized carbons (Fsp3) is 0.526. The zero-order valence-corrected chi connectivity index (χ0v) is 19.3. The van der Waals surface area contributed by atoms with Crippen molar-refractivity contribution in [1.82, 2.24) is 20.6 Å². The molecule has 1 fully saturated rings. The van der Waals surface area contributed by atoms with Crippen LogP contribution in [-0.2, 0) is 13.0 Å². The molecule has 0 aromatic carbocycles. The Kier molecular flexibility index (Phi) is 8.75. The minimum atomic E-state index is 0. The molecule has 0 radical (unpaired) electrons. The molecule has 2 aromatic rings. The van der Waals surface area contributed by atoms with Gasteiger partial charge in [0, 0.05) is 43.7 Å². The molecule has 2 aromatic heterocycles. The van der Waals surface area contributed by atoms with Gasteiger partial charge in [-0.1, -0.05) is 0 Å². The fourth-order valence-electron chi connectivity index (χ4n) is 2.47. The summed E-state index contributed by atoms with van der Waals surface area (Å²) in [6.45, 7) is 6.43. The molecule has 1 aliphatic carbocycles. The molecule has 148 valence electrons. The first-order valence-electron chi connectivity index (χ1n) is 9.09. The maximum atomic E-state index is 5.74. The van der Waals surface area contributed by atoms with E-state index in [0.717, 1.165) is 47.7 Å². The average molecular weight is 501 g/mol. The van der Waals surface area contributed by atoms with Crippen molar-refractivity contribution in [2.45, 2.75) is 39.7 Å². The number of hydrogen-bond donors (Lipinski definition) is 2. The molecule has 0 saturated heterocycles. The van der Waals surface area contributed by atoms with Crippen molar-refractivity contribution >= 4 is 41.3 Å². The van der Waals surface area contributed by atoms with Gasteiger partial charge < -0.3 is 15.4 Å². The molecule has 8 heteroatoms. The Morgan fingerprint density at radius 3 is 2.81 bits per heavy atom. The molecule has 0 amide bonds. The molecule has 1 aliphatic rings. The van der Waals surface area contributed by atoms with Gasteiger partial charge in [0.2, 0.25) is 5.88 Å². The van der Waals surface area contributed by atoms with Crippen LogP contribution >= 0.6 is 35.3 Å². The van der Waals surface area contributed by atoms with Gasteiger partial charge in [-0.2, -0.15) is 0 Å². The second-order valence-electron chi connectivity index (χ2n) is 6.61. The maximum Gasteiger partial charge on any atom is 0.213 e. The Hall–Kier alpha value is -1.42. The molecule has 3 rings (SSSR count). The van der Waals surface area contributed by atoms with E-state index in [1.54, 1.807) is 24.6 Å². The summed E-state index contributed by atoms with van der Waals surface area (Å²) in [4.78, 5) is 14.4. The number of guanidine groups is 1. The van der Waals surface area contributed by atoms with Gasteiger partial charge in [0.1, 0.15) is 0 Å². The first kappa shape index (κ1) is 21.9. The number of aromatic nitrogens is 2. The first-order valence-corrected chi connectivity index (χ1v) is 9.91. The van der Waals surface area contributed by atoms with Crippen LogP contribution in [0.3, 0.4) is 0 Å². The van der Waals surface area contributed by atoms with Crippen LogP contribution < -0.4 is 15.4 Å². The Bertz CT molecular complexity index is 741. The molecule has 0 unspecified atom stereocenters. The second-order valence-corrected chi connectivity index (χ2v) is 7.90. The van der Waals surface area contributed by atoms with Gasteiger partial charge in [0.25, 0.3) is 0 Å². The Morgan fingerprint density at radius 1 is 1.33 bits per heavy atom. The van der Waals surface area contributed by atoms with Gasteiger partial charge in [-0.05, 0) is 44.2 Å². The summed E-state index contributed by atoms with van der Waals surface area (Å²) in [5.41, 5.74) is 2.25. The first-order chi connectivity index (χ1) is 12.6. The topological polar surface area (TPSA) is 71.4 Å². The molecule has 6 nitrogen and oxygen atoms in total. The van der Waals surface area contributed by atoms with Crippen LogP contribution in [0, 0.1) is 19.8 Å². The third-order valence-corrected chi connectivity index (χ3v) is 5.48. The van der Waals surface area contributed by atoms with E-state index in [-0.39, 0.29) is 24.0 Å². The highest BCUT2D eigenvalue weighted by molar-refractivity contribution is 14.0. The number of thiazole rings is 1. The van der Waals surface area contributed by atoms with E-state index in [1.807, 2.05) is 12.1 Å². The number of ether oxygens (including phenoxy) is 1. The minimum Gasteiger partial charge on any atom is -0.477 e. The molecular weight excluding hydrogens is 473 g/mol. The van der Waals surface area contributed by atoms with Crippen molar-refractivity contribution in [3.8, 4) is 5.88 Å². The fourth-order valence-corrected chi connectivity index (χ4v) is 3.40. The predicted molar refractivity (Wildman–Crippen MR) is 121 cm³/mol. The van der Waals surface area contributed by atoms with Crippen molar-refractivity contribution in [2.24, 2.45) is 10.9 Å². The Morgan fingerprint density at radius 2 is 2.15 bits per heavy atom. The summed E-state index contributed by atoms with van der Waals surface area (Å²) in [6.07, 6.45) is 5.25. The lowest BCUT2D eigenvalue weighted by molar-refractivity contribution is 0.288. The van der Waals surface area contributed by atoms with Crippen LogP contribution in [0.1, 0.15) is 34.0 Å².